The van der Waals surface area contributed by atoms with Crippen LogP contribution in [0.2, 0.25) is 0 Å². The van der Waals surface area contributed by atoms with Crippen LogP contribution in [0.25, 0.3) is 0 Å². The van der Waals surface area contributed by atoms with Crippen LogP contribution in [-0.2, 0) is 9.63 Å². The lowest BCUT2D eigenvalue weighted by Crippen LogP contribution is -2.59. The molecular formula is C15H16N2O6. The van der Waals surface area contributed by atoms with Crippen LogP contribution in [0.5, 0.6) is 5.75 Å². The maximum absolute atomic E-state index is 11.7. The van der Waals surface area contributed by atoms with E-state index in [0.717, 1.165) is 0 Å². The van der Waals surface area contributed by atoms with Crippen molar-refractivity contribution in [3.63, 3.8) is 0 Å². The topological polar surface area (TPSA) is 110 Å². The number of aliphatic hydroxyl groups is 2. The number of aliphatic hydroxyl groups excluding tert-OH is 1. The molecule has 0 spiro atoms. The summed E-state index contributed by atoms with van der Waals surface area (Å²) in [4.78, 5) is 29.9. The number of carbonyl (C=O) groups is 2. The van der Waals surface area contributed by atoms with E-state index >= 15 is 0 Å². The standard InChI is InChI=1S/C15H16N2O6/c1-7(20)17-11-4-16-10-2-8(5-18)3-12(21)13(10)9(6-19)15(22,23-16)14(11)17/h2-3,5,9,11,14,19,21-22H,4,6H2,1H3. The SMILES string of the molecule is CC(=O)N1C2CN3OC(O)(C(CO)c4c(O)cc(C=O)cc43)C21. The monoisotopic (exact) mass is 320 g/mol. The second-order valence-corrected chi connectivity index (χ2v) is 6.17. The Bertz CT molecular complexity index is 722. The summed E-state index contributed by atoms with van der Waals surface area (Å²) >= 11 is 0. The number of amides is 1. The highest BCUT2D eigenvalue weighted by molar-refractivity contribution is 5.82. The van der Waals surface area contributed by atoms with Crippen molar-refractivity contribution in [1.82, 2.24) is 4.90 Å². The van der Waals surface area contributed by atoms with Crippen LogP contribution < -0.4 is 5.06 Å². The second kappa shape index (κ2) is 4.44. The molecule has 2 saturated heterocycles. The summed E-state index contributed by atoms with van der Waals surface area (Å²) in [6.07, 6.45) is 0.598. The van der Waals surface area contributed by atoms with Crippen LogP contribution in [0, 0.1) is 0 Å². The van der Waals surface area contributed by atoms with Gasteiger partial charge in [-0.15, -0.1) is 0 Å². The largest absolute Gasteiger partial charge is 0.508 e. The van der Waals surface area contributed by atoms with Crippen molar-refractivity contribution in [1.29, 1.82) is 0 Å². The number of aldehydes is 1. The lowest BCUT2D eigenvalue weighted by Gasteiger charge is -2.47. The summed E-state index contributed by atoms with van der Waals surface area (Å²) in [6, 6.07) is 2.03. The van der Waals surface area contributed by atoms with Crippen LogP contribution in [0.4, 0.5) is 5.69 Å². The van der Waals surface area contributed by atoms with Crippen LogP contribution in [0.15, 0.2) is 12.1 Å². The summed E-state index contributed by atoms with van der Waals surface area (Å²) < 4.78 is 0. The van der Waals surface area contributed by atoms with Crippen molar-refractivity contribution in [3.05, 3.63) is 23.3 Å². The first-order valence-electron chi connectivity index (χ1n) is 7.33. The molecule has 4 rings (SSSR count). The molecule has 8 nitrogen and oxygen atoms in total. The molecule has 4 atom stereocenters. The summed E-state index contributed by atoms with van der Waals surface area (Å²) in [6.45, 7) is 1.25. The Hall–Kier alpha value is -2.16. The Labute approximate surface area is 131 Å². The van der Waals surface area contributed by atoms with Gasteiger partial charge in [0.1, 0.15) is 18.1 Å². The molecule has 2 bridgehead atoms. The maximum Gasteiger partial charge on any atom is 0.223 e. The molecule has 1 aromatic rings. The zero-order valence-electron chi connectivity index (χ0n) is 12.3. The maximum atomic E-state index is 11.7. The second-order valence-electron chi connectivity index (χ2n) is 6.17. The molecule has 122 valence electrons. The Morgan fingerprint density at radius 3 is 2.87 bits per heavy atom. The van der Waals surface area contributed by atoms with Gasteiger partial charge in [0.05, 0.1) is 30.8 Å². The molecule has 0 aromatic heterocycles. The minimum absolute atomic E-state index is 0.190. The molecule has 0 radical (unpaired) electrons. The minimum atomic E-state index is -1.81. The fourth-order valence-electron chi connectivity index (χ4n) is 3.93. The third-order valence-corrected chi connectivity index (χ3v) is 4.92. The number of aromatic hydroxyl groups is 1. The predicted octanol–water partition coefficient (Wildman–Crippen LogP) is -0.666. The predicted molar refractivity (Wildman–Crippen MR) is 76.8 cm³/mol. The van der Waals surface area contributed by atoms with Gasteiger partial charge in [0.25, 0.3) is 0 Å². The number of fused-ring (bicyclic) bond motifs is 6. The minimum Gasteiger partial charge on any atom is -0.508 e. The Kier molecular flexibility index (Phi) is 2.78. The molecule has 2 fully saturated rings. The zero-order chi connectivity index (χ0) is 16.5. The van der Waals surface area contributed by atoms with Crippen LogP contribution >= 0.6 is 0 Å². The number of nitrogens with zero attached hydrogens (tertiary/aromatic N) is 2. The molecule has 1 amide bonds. The van der Waals surface area contributed by atoms with E-state index in [2.05, 4.69) is 0 Å². The van der Waals surface area contributed by atoms with E-state index in [1.54, 1.807) is 0 Å². The van der Waals surface area contributed by atoms with E-state index < -0.39 is 24.4 Å². The fraction of sp³-hybridized carbons (Fsp3) is 0.467. The first-order valence-corrected chi connectivity index (χ1v) is 7.33. The average molecular weight is 320 g/mol. The number of hydrogen-bond donors (Lipinski definition) is 3. The molecule has 1 aromatic carbocycles. The molecule has 3 heterocycles. The zero-order valence-corrected chi connectivity index (χ0v) is 12.3. The highest BCUT2D eigenvalue weighted by atomic mass is 16.8. The smallest absolute Gasteiger partial charge is 0.223 e. The number of phenols is 1. The van der Waals surface area contributed by atoms with Gasteiger partial charge in [-0.05, 0) is 12.1 Å². The first-order chi connectivity index (χ1) is 10.9. The van der Waals surface area contributed by atoms with Gasteiger partial charge in [-0.2, -0.15) is 0 Å². The number of benzene rings is 1. The highest BCUT2D eigenvalue weighted by Gasteiger charge is 2.70. The van der Waals surface area contributed by atoms with Gasteiger partial charge < -0.3 is 20.2 Å². The number of anilines is 1. The molecule has 0 saturated carbocycles. The van der Waals surface area contributed by atoms with Gasteiger partial charge in [-0.1, -0.05) is 0 Å². The van der Waals surface area contributed by atoms with Crippen LogP contribution in [0.1, 0.15) is 28.8 Å². The van der Waals surface area contributed by atoms with Crippen molar-refractivity contribution < 1.29 is 29.7 Å². The highest BCUT2D eigenvalue weighted by Crippen LogP contribution is 2.56. The van der Waals surface area contributed by atoms with E-state index in [1.165, 1.54) is 29.0 Å². The summed E-state index contributed by atoms with van der Waals surface area (Å²) in [5.41, 5.74) is 0.999. The summed E-state index contributed by atoms with van der Waals surface area (Å²) in [7, 11) is 0. The number of hydrogen-bond acceptors (Lipinski definition) is 7. The Morgan fingerprint density at radius 1 is 1.52 bits per heavy atom. The number of phenolic OH excluding ortho intramolecular Hbond substituents is 1. The quantitative estimate of drug-likeness (QED) is 0.490. The van der Waals surface area contributed by atoms with Gasteiger partial charge in [0.2, 0.25) is 11.7 Å². The Balaban J connectivity index is 1.88. The van der Waals surface area contributed by atoms with E-state index in [0.29, 0.717) is 24.1 Å². The van der Waals surface area contributed by atoms with Gasteiger partial charge in [0, 0.05) is 18.1 Å². The van der Waals surface area contributed by atoms with Crippen LogP contribution in [-0.4, -0.2) is 63.4 Å². The molecule has 3 N–H and O–H groups in total. The van der Waals surface area contributed by atoms with Gasteiger partial charge in [0.15, 0.2) is 0 Å². The lowest BCUT2D eigenvalue weighted by atomic mass is 9.83. The summed E-state index contributed by atoms with van der Waals surface area (Å²) in [5, 5.41) is 32.4. The van der Waals surface area contributed by atoms with Crippen molar-refractivity contribution >= 4 is 17.9 Å². The van der Waals surface area contributed by atoms with E-state index in [9.17, 15) is 24.9 Å². The Morgan fingerprint density at radius 2 is 2.26 bits per heavy atom. The normalized spacial score (nSPS) is 33.8. The number of carbonyl (C=O) groups excluding carboxylic acids is 2. The van der Waals surface area contributed by atoms with Crippen molar-refractivity contribution in [2.24, 2.45) is 0 Å². The van der Waals surface area contributed by atoms with Gasteiger partial charge in [-0.3, -0.25) is 9.59 Å². The van der Waals surface area contributed by atoms with E-state index in [4.69, 9.17) is 4.84 Å². The summed E-state index contributed by atoms with van der Waals surface area (Å²) in [5.74, 6) is -3.11. The molecule has 0 aliphatic carbocycles. The van der Waals surface area contributed by atoms with Crippen molar-refractivity contribution in [2.75, 3.05) is 18.2 Å². The average Bonchev–Trinajstić information content (AvgIpc) is 3.23. The van der Waals surface area contributed by atoms with E-state index in [1.807, 2.05) is 0 Å². The molecule has 3 aliphatic rings. The third-order valence-electron chi connectivity index (χ3n) is 4.92. The molecule has 8 heteroatoms. The molecule has 4 unspecified atom stereocenters. The molecule has 3 aliphatic heterocycles. The lowest BCUT2D eigenvalue weighted by molar-refractivity contribution is -0.250. The van der Waals surface area contributed by atoms with Gasteiger partial charge >= 0.3 is 0 Å². The van der Waals surface area contributed by atoms with Crippen LogP contribution in [0.3, 0.4) is 0 Å². The fourth-order valence-corrected chi connectivity index (χ4v) is 3.93. The first kappa shape index (κ1) is 14.4. The van der Waals surface area contributed by atoms with Gasteiger partial charge in [-0.25, -0.2) is 9.90 Å². The number of hydroxylamine groups is 1. The number of rotatable bonds is 2. The molecule has 23 heavy (non-hydrogen) atoms. The van der Waals surface area contributed by atoms with Crippen molar-refractivity contribution in [3.8, 4) is 5.75 Å². The van der Waals surface area contributed by atoms with E-state index in [-0.39, 0.29) is 23.3 Å². The molecular weight excluding hydrogens is 304 g/mol. The third kappa shape index (κ3) is 1.71. The van der Waals surface area contributed by atoms with Crippen molar-refractivity contribution in [2.45, 2.75) is 30.7 Å².